The van der Waals surface area contributed by atoms with Crippen molar-refractivity contribution < 1.29 is 14.6 Å². The van der Waals surface area contributed by atoms with E-state index in [-0.39, 0.29) is 6.04 Å². The second-order valence-corrected chi connectivity index (χ2v) is 5.90. The van der Waals surface area contributed by atoms with Crippen LogP contribution in [-0.2, 0) is 17.6 Å². The third-order valence-corrected chi connectivity index (χ3v) is 4.21. The molecule has 1 saturated heterocycles. The molecule has 0 spiro atoms. The van der Waals surface area contributed by atoms with Gasteiger partial charge in [-0.05, 0) is 30.4 Å². The van der Waals surface area contributed by atoms with Crippen LogP contribution in [0.25, 0.3) is 0 Å². The van der Waals surface area contributed by atoms with E-state index < -0.39 is 18.3 Å². The summed E-state index contributed by atoms with van der Waals surface area (Å²) in [4.78, 5) is 11.8. The summed E-state index contributed by atoms with van der Waals surface area (Å²) in [6, 6.07) is 19.5. The van der Waals surface area contributed by atoms with E-state index >= 15 is 0 Å². The van der Waals surface area contributed by atoms with E-state index in [1.807, 2.05) is 60.7 Å². The number of rotatable bonds is 5. The highest BCUT2D eigenvalue weighted by atomic mass is 16.6. The van der Waals surface area contributed by atoms with Gasteiger partial charge in [-0.15, -0.1) is 0 Å². The molecule has 3 rings (SSSR count). The second-order valence-electron chi connectivity index (χ2n) is 5.90. The fraction of sp³-hybridized carbons (Fsp3) is 0.316. The van der Waals surface area contributed by atoms with Crippen LogP contribution in [0.4, 0.5) is 4.79 Å². The lowest BCUT2D eigenvalue weighted by atomic mass is 9.93. The molecular weight excluding hydrogens is 290 g/mol. The highest BCUT2D eigenvalue weighted by Gasteiger charge is 2.36. The van der Waals surface area contributed by atoms with Crippen molar-refractivity contribution in [1.29, 1.82) is 0 Å². The predicted octanol–water partition coefficient (Wildman–Crippen LogP) is 2.70. The SMILES string of the molecule is O=C1N[C@@H](Cc2ccccc2)[C@@H](O)[C@H](CCc2ccccc2)O1. The Kier molecular flexibility index (Phi) is 4.93. The number of alkyl carbamates (subject to hydrolysis) is 1. The van der Waals surface area contributed by atoms with Crippen molar-refractivity contribution in [3.63, 3.8) is 0 Å². The van der Waals surface area contributed by atoms with Gasteiger partial charge in [-0.25, -0.2) is 4.79 Å². The summed E-state index contributed by atoms with van der Waals surface area (Å²) < 4.78 is 5.29. The molecule has 0 saturated carbocycles. The number of aliphatic hydroxyl groups excluding tert-OH is 1. The molecule has 4 heteroatoms. The Morgan fingerprint density at radius 1 is 0.957 bits per heavy atom. The van der Waals surface area contributed by atoms with Crippen molar-refractivity contribution in [1.82, 2.24) is 5.32 Å². The van der Waals surface area contributed by atoms with Gasteiger partial charge in [0.2, 0.25) is 0 Å². The van der Waals surface area contributed by atoms with Gasteiger partial charge in [0, 0.05) is 0 Å². The van der Waals surface area contributed by atoms with Crippen LogP contribution >= 0.6 is 0 Å². The quantitative estimate of drug-likeness (QED) is 0.892. The van der Waals surface area contributed by atoms with Crippen LogP contribution in [0.5, 0.6) is 0 Å². The van der Waals surface area contributed by atoms with Gasteiger partial charge in [0.1, 0.15) is 12.2 Å². The number of carbonyl (C=O) groups excluding carboxylic acids is 1. The monoisotopic (exact) mass is 311 g/mol. The molecule has 3 atom stereocenters. The van der Waals surface area contributed by atoms with Crippen LogP contribution in [-0.4, -0.2) is 29.4 Å². The Hall–Kier alpha value is -2.33. The average Bonchev–Trinajstić information content (AvgIpc) is 2.58. The minimum absolute atomic E-state index is 0.320. The fourth-order valence-electron chi connectivity index (χ4n) is 2.96. The van der Waals surface area contributed by atoms with Gasteiger partial charge in [-0.3, -0.25) is 0 Å². The normalized spacial score (nSPS) is 23.9. The van der Waals surface area contributed by atoms with Gasteiger partial charge < -0.3 is 15.2 Å². The van der Waals surface area contributed by atoms with Gasteiger partial charge in [-0.1, -0.05) is 60.7 Å². The van der Waals surface area contributed by atoms with Crippen molar-refractivity contribution in [2.75, 3.05) is 0 Å². The molecule has 1 aliphatic heterocycles. The second kappa shape index (κ2) is 7.29. The number of cyclic esters (lactones) is 1. The Morgan fingerprint density at radius 2 is 1.57 bits per heavy atom. The zero-order valence-corrected chi connectivity index (χ0v) is 12.9. The van der Waals surface area contributed by atoms with Crippen molar-refractivity contribution in [3.05, 3.63) is 71.8 Å². The Bertz CT molecular complexity index is 630. The van der Waals surface area contributed by atoms with Crippen LogP contribution in [0.3, 0.4) is 0 Å². The van der Waals surface area contributed by atoms with Gasteiger partial charge in [0.25, 0.3) is 0 Å². The highest BCUT2D eigenvalue weighted by molar-refractivity contribution is 5.69. The molecule has 0 bridgehead atoms. The first-order valence-electron chi connectivity index (χ1n) is 7.95. The molecule has 0 radical (unpaired) electrons. The molecule has 23 heavy (non-hydrogen) atoms. The van der Waals surface area contributed by atoms with Crippen LogP contribution in [0.2, 0.25) is 0 Å². The lowest BCUT2D eigenvalue weighted by molar-refractivity contribution is -0.0456. The summed E-state index contributed by atoms with van der Waals surface area (Å²) in [5.41, 5.74) is 2.26. The molecule has 0 aliphatic carbocycles. The van der Waals surface area contributed by atoms with Crippen molar-refractivity contribution >= 4 is 6.09 Å². The number of hydrogen-bond donors (Lipinski definition) is 2. The van der Waals surface area contributed by atoms with E-state index in [1.165, 1.54) is 5.56 Å². The summed E-state index contributed by atoms with van der Waals surface area (Å²) in [5.74, 6) is 0. The van der Waals surface area contributed by atoms with Crippen molar-refractivity contribution in [2.45, 2.75) is 37.5 Å². The topological polar surface area (TPSA) is 58.6 Å². The van der Waals surface area contributed by atoms with E-state index in [1.54, 1.807) is 0 Å². The number of aryl methyl sites for hydroxylation is 1. The highest BCUT2D eigenvalue weighted by Crippen LogP contribution is 2.19. The maximum atomic E-state index is 11.8. The average molecular weight is 311 g/mol. The summed E-state index contributed by atoms with van der Waals surface area (Å²) in [6.45, 7) is 0. The van der Waals surface area contributed by atoms with Gasteiger partial charge in [0.05, 0.1) is 6.04 Å². The summed E-state index contributed by atoms with van der Waals surface area (Å²) in [5, 5.41) is 13.3. The molecule has 120 valence electrons. The maximum absolute atomic E-state index is 11.8. The molecule has 0 unspecified atom stereocenters. The summed E-state index contributed by atoms with van der Waals surface area (Å²) in [6.07, 6.45) is 0.347. The summed E-state index contributed by atoms with van der Waals surface area (Å²) >= 11 is 0. The molecule has 4 nitrogen and oxygen atoms in total. The number of benzene rings is 2. The van der Waals surface area contributed by atoms with Crippen molar-refractivity contribution in [3.8, 4) is 0 Å². The minimum atomic E-state index is -0.711. The van der Waals surface area contributed by atoms with E-state index in [2.05, 4.69) is 5.32 Å². The van der Waals surface area contributed by atoms with Gasteiger partial charge >= 0.3 is 6.09 Å². The lowest BCUT2D eigenvalue weighted by Gasteiger charge is -2.35. The van der Waals surface area contributed by atoms with Gasteiger partial charge in [0.15, 0.2) is 0 Å². The Balaban J connectivity index is 1.63. The number of carbonyl (C=O) groups is 1. The van der Waals surface area contributed by atoms with Crippen LogP contribution in [0.1, 0.15) is 17.5 Å². The van der Waals surface area contributed by atoms with E-state index in [4.69, 9.17) is 4.74 Å². The zero-order chi connectivity index (χ0) is 16.1. The van der Waals surface area contributed by atoms with Crippen molar-refractivity contribution in [2.24, 2.45) is 0 Å². The molecule has 1 heterocycles. The largest absolute Gasteiger partial charge is 0.443 e. The number of aliphatic hydroxyl groups is 1. The molecule has 2 N–H and O–H groups in total. The molecule has 2 aromatic carbocycles. The Morgan fingerprint density at radius 3 is 2.22 bits per heavy atom. The Labute approximate surface area is 136 Å². The number of hydrogen-bond acceptors (Lipinski definition) is 3. The summed E-state index contributed by atoms with van der Waals surface area (Å²) in [7, 11) is 0. The molecule has 1 aliphatic rings. The standard InChI is InChI=1S/C19H21NO3/c21-18-16(13-15-9-5-2-6-10-15)20-19(22)23-17(18)12-11-14-7-3-1-4-8-14/h1-10,16-18,21H,11-13H2,(H,20,22)/t16-,17-,18+/m0/s1. The molecule has 2 aromatic rings. The third kappa shape index (κ3) is 4.11. The fourth-order valence-corrected chi connectivity index (χ4v) is 2.96. The molecular formula is C19H21NO3. The maximum Gasteiger partial charge on any atom is 0.407 e. The first-order chi connectivity index (χ1) is 11.2. The zero-order valence-electron chi connectivity index (χ0n) is 12.9. The van der Waals surface area contributed by atoms with E-state index in [0.717, 1.165) is 12.0 Å². The van der Waals surface area contributed by atoms with E-state index in [9.17, 15) is 9.90 Å². The number of nitrogens with one attached hydrogen (secondary N) is 1. The molecule has 0 aromatic heterocycles. The predicted molar refractivity (Wildman–Crippen MR) is 88.1 cm³/mol. The third-order valence-electron chi connectivity index (χ3n) is 4.21. The lowest BCUT2D eigenvalue weighted by Crippen LogP contribution is -2.57. The van der Waals surface area contributed by atoms with E-state index in [0.29, 0.717) is 12.8 Å². The smallest absolute Gasteiger partial charge is 0.407 e. The number of amides is 1. The first-order valence-corrected chi connectivity index (χ1v) is 7.95. The minimum Gasteiger partial charge on any atom is -0.443 e. The van der Waals surface area contributed by atoms with Gasteiger partial charge in [-0.2, -0.15) is 0 Å². The molecule has 1 amide bonds. The number of ether oxygens (including phenoxy) is 1. The first kappa shape index (κ1) is 15.6. The van der Waals surface area contributed by atoms with Crippen LogP contribution < -0.4 is 5.32 Å². The molecule has 1 fully saturated rings. The van der Waals surface area contributed by atoms with Crippen LogP contribution in [0.15, 0.2) is 60.7 Å². The van der Waals surface area contributed by atoms with Crippen LogP contribution in [0, 0.1) is 0 Å².